The molecule has 3 heteroatoms. The third-order valence-electron chi connectivity index (χ3n) is 1.82. The van der Waals surface area contributed by atoms with E-state index >= 15 is 0 Å². The van der Waals surface area contributed by atoms with Crippen LogP contribution in [0.5, 0.6) is 0 Å². The summed E-state index contributed by atoms with van der Waals surface area (Å²) >= 11 is 2.00. The number of hydrogen-bond acceptors (Lipinski definition) is 3. The molecule has 2 nitrogen and oxygen atoms in total. The first-order valence-electron chi connectivity index (χ1n) is 5.07. The van der Waals surface area contributed by atoms with Crippen LogP contribution in [0.3, 0.4) is 0 Å². The third-order valence-corrected chi connectivity index (χ3v) is 2.99. The van der Waals surface area contributed by atoms with E-state index in [1.165, 1.54) is 0 Å². The van der Waals surface area contributed by atoms with Gasteiger partial charge in [-0.2, -0.15) is 11.8 Å². The van der Waals surface area contributed by atoms with Crippen LogP contribution in [0.4, 0.5) is 0 Å². The Labute approximate surface area is 90.5 Å². The van der Waals surface area contributed by atoms with Crippen molar-refractivity contribution in [1.82, 2.24) is 5.32 Å². The molecule has 14 heavy (non-hydrogen) atoms. The van der Waals surface area contributed by atoms with Gasteiger partial charge in [0.25, 0.3) is 0 Å². The van der Waals surface area contributed by atoms with Crippen LogP contribution in [0, 0.1) is 0 Å². The van der Waals surface area contributed by atoms with Gasteiger partial charge in [0, 0.05) is 11.8 Å². The van der Waals surface area contributed by atoms with E-state index in [0.717, 1.165) is 18.8 Å². The van der Waals surface area contributed by atoms with Gasteiger partial charge in [-0.3, -0.25) is 0 Å². The summed E-state index contributed by atoms with van der Waals surface area (Å²) in [5.74, 6) is 1.01. The zero-order chi connectivity index (χ0) is 10.4. The summed E-state index contributed by atoms with van der Waals surface area (Å²) in [6.45, 7) is 8.57. The largest absolute Gasteiger partial charge is 0.468 e. The molecule has 0 fully saturated rings. The summed E-state index contributed by atoms with van der Waals surface area (Å²) < 4.78 is 5.23. The lowest BCUT2D eigenvalue weighted by Gasteiger charge is -2.13. The van der Waals surface area contributed by atoms with Crippen LogP contribution in [0.2, 0.25) is 0 Å². The molecule has 0 aliphatic carbocycles. The minimum atomic E-state index is 0.657. The second-order valence-corrected chi connectivity index (χ2v) is 5.73. The number of thioether (sulfide) groups is 1. The Balaban J connectivity index is 2.09. The second kappa shape index (κ2) is 6.14. The molecule has 0 aliphatic heterocycles. The maximum absolute atomic E-state index is 5.23. The predicted molar refractivity (Wildman–Crippen MR) is 62.6 cm³/mol. The van der Waals surface area contributed by atoms with Gasteiger partial charge < -0.3 is 9.73 Å². The van der Waals surface area contributed by atoms with Crippen molar-refractivity contribution in [3.63, 3.8) is 0 Å². The van der Waals surface area contributed by atoms with Crippen LogP contribution < -0.4 is 5.32 Å². The van der Waals surface area contributed by atoms with Gasteiger partial charge in [0.15, 0.2) is 0 Å². The molecule has 0 bridgehead atoms. The smallest absolute Gasteiger partial charge is 0.117 e. The Morgan fingerprint density at radius 2 is 2.21 bits per heavy atom. The Morgan fingerprint density at radius 3 is 2.79 bits per heavy atom. The number of nitrogens with one attached hydrogen (secondary N) is 1. The van der Waals surface area contributed by atoms with Crippen LogP contribution in [0.15, 0.2) is 22.8 Å². The lowest BCUT2D eigenvalue weighted by atomic mass is 10.4. The first-order chi connectivity index (χ1) is 6.68. The van der Waals surface area contributed by atoms with Crippen LogP contribution in [0.25, 0.3) is 0 Å². The molecular weight excluding hydrogens is 194 g/mol. The van der Waals surface area contributed by atoms with Gasteiger partial charge in [-0.1, -0.05) is 20.8 Å². The maximum Gasteiger partial charge on any atom is 0.117 e. The van der Waals surface area contributed by atoms with Gasteiger partial charge in [0.1, 0.15) is 5.76 Å². The average molecular weight is 213 g/mol. The van der Waals surface area contributed by atoms with Crippen molar-refractivity contribution in [1.29, 1.82) is 0 Å². The van der Waals surface area contributed by atoms with E-state index in [9.17, 15) is 0 Å². The molecule has 0 aromatic carbocycles. The summed E-state index contributed by atoms with van der Waals surface area (Å²) in [6, 6.07) is 3.91. The van der Waals surface area contributed by atoms with Crippen molar-refractivity contribution in [2.75, 3.05) is 6.54 Å². The first-order valence-corrected chi connectivity index (χ1v) is 6.01. The lowest BCUT2D eigenvalue weighted by molar-refractivity contribution is 0.484. The lowest BCUT2D eigenvalue weighted by Crippen LogP contribution is -2.23. The molecular formula is C11H19NOS. The molecule has 1 unspecified atom stereocenters. The molecule has 0 saturated heterocycles. The van der Waals surface area contributed by atoms with E-state index in [0.29, 0.717) is 10.5 Å². The molecule has 1 heterocycles. The fourth-order valence-corrected chi connectivity index (χ4v) is 2.47. The molecule has 0 spiro atoms. The zero-order valence-electron chi connectivity index (χ0n) is 9.12. The highest BCUT2D eigenvalue weighted by molar-refractivity contribution is 8.00. The fraction of sp³-hybridized carbons (Fsp3) is 0.636. The summed E-state index contributed by atoms with van der Waals surface area (Å²) in [5, 5.41) is 4.74. The number of rotatable bonds is 6. The molecule has 1 rings (SSSR count). The Kier molecular flexibility index (Phi) is 5.12. The summed E-state index contributed by atoms with van der Waals surface area (Å²) in [6.07, 6.45) is 1.71. The Morgan fingerprint density at radius 1 is 1.43 bits per heavy atom. The fourth-order valence-electron chi connectivity index (χ4n) is 1.32. The van der Waals surface area contributed by atoms with Crippen molar-refractivity contribution in [3.05, 3.63) is 24.2 Å². The topological polar surface area (TPSA) is 25.2 Å². The maximum atomic E-state index is 5.23. The van der Waals surface area contributed by atoms with Crippen molar-refractivity contribution >= 4 is 11.8 Å². The van der Waals surface area contributed by atoms with Crippen molar-refractivity contribution in [2.24, 2.45) is 0 Å². The van der Waals surface area contributed by atoms with E-state index in [2.05, 4.69) is 26.1 Å². The normalized spacial score (nSPS) is 13.4. The Bertz CT molecular complexity index is 233. The van der Waals surface area contributed by atoms with Crippen molar-refractivity contribution in [3.8, 4) is 0 Å². The molecule has 80 valence electrons. The molecule has 1 atom stereocenters. The molecule has 0 aliphatic rings. The van der Waals surface area contributed by atoms with Gasteiger partial charge in [0.05, 0.1) is 12.8 Å². The Hall–Kier alpha value is -0.410. The van der Waals surface area contributed by atoms with Gasteiger partial charge in [-0.25, -0.2) is 0 Å². The molecule has 0 amide bonds. The number of furan rings is 1. The minimum Gasteiger partial charge on any atom is -0.468 e. The quantitative estimate of drug-likeness (QED) is 0.786. The van der Waals surface area contributed by atoms with Crippen LogP contribution in [-0.2, 0) is 6.54 Å². The predicted octanol–water partition coefficient (Wildman–Crippen LogP) is 2.90. The van der Waals surface area contributed by atoms with Gasteiger partial charge in [-0.05, 0) is 17.4 Å². The minimum absolute atomic E-state index is 0.657. The summed E-state index contributed by atoms with van der Waals surface area (Å²) in [4.78, 5) is 0. The van der Waals surface area contributed by atoms with Gasteiger partial charge >= 0.3 is 0 Å². The standard InChI is InChI=1S/C11H19NOS/c1-9(2)14-10(3)7-12-8-11-5-4-6-13-11/h4-6,9-10,12H,7-8H2,1-3H3. The summed E-state index contributed by atoms with van der Waals surface area (Å²) in [7, 11) is 0. The monoisotopic (exact) mass is 213 g/mol. The highest BCUT2D eigenvalue weighted by Crippen LogP contribution is 2.15. The van der Waals surface area contributed by atoms with E-state index < -0.39 is 0 Å². The van der Waals surface area contributed by atoms with Gasteiger partial charge in [0.2, 0.25) is 0 Å². The average Bonchev–Trinajstić information content (AvgIpc) is 2.55. The second-order valence-electron chi connectivity index (χ2n) is 3.71. The van der Waals surface area contributed by atoms with Crippen LogP contribution >= 0.6 is 11.8 Å². The summed E-state index contributed by atoms with van der Waals surface area (Å²) in [5.41, 5.74) is 0. The molecule has 1 aromatic heterocycles. The van der Waals surface area contributed by atoms with Crippen molar-refractivity contribution < 1.29 is 4.42 Å². The molecule has 1 aromatic rings. The molecule has 0 saturated carbocycles. The highest BCUT2D eigenvalue weighted by atomic mass is 32.2. The van der Waals surface area contributed by atoms with E-state index in [-0.39, 0.29) is 0 Å². The SMILES string of the molecule is CC(C)SC(C)CNCc1ccco1. The van der Waals surface area contributed by atoms with Crippen LogP contribution in [-0.4, -0.2) is 17.0 Å². The van der Waals surface area contributed by atoms with E-state index in [1.807, 2.05) is 23.9 Å². The van der Waals surface area contributed by atoms with E-state index in [1.54, 1.807) is 6.26 Å². The molecule has 0 radical (unpaired) electrons. The van der Waals surface area contributed by atoms with E-state index in [4.69, 9.17) is 4.42 Å². The van der Waals surface area contributed by atoms with Crippen LogP contribution in [0.1, 0.15) is 26.5 Å². The number of hydrogen-bond donors (Lipinski definition) is 1. The van der Waals surface area contributed by atoms with Crippen molar-refractivity contribution in [2.45, 2.75) is 37.8 Å². The highest BCUT2D eigenvalue weighted by Gasteiger charge is 2.04. The first kappa shape index (κ1) is 11.7. The van der Waals surface area contributed by atoms with Gasteiger partial charge in [-0.15, -0.1) is 0 Å². The third kappa shape index (κ3) is 4.72. The zero-order valence-corrected chi connectivity index (χ0v) is 9.93. The molecule has 1 N–H and O–H groups in total.